The van der Waals surface area contributed by atoms with Gasteiger partial charge in [0.2, 0.25) is 0 Å². The van der Waals surface area contributed by atoms with Gasteiger partial charge in [0.25, 0.3) is 5.91 Å². The van der Waals surface area contributed by atoms with E-state index in [0.29, 0.717) is 21.2 Å². The number of carbonyl (C=O) groups excluding carboxylic acids is 2. The fraction of sp³-hybridized carbons (Fsp3) is 0.0667. The van der Waals surface area contributed by atoms with Crippen LogP contribution in [0.4, 0.5) is 4.79 Å². The summed E-state index contributed by atoms with van der Waals surface area (Å²) >= 11 is 11.9. The van der Waals surface area contributed by atoms with Crippen LogP contribution in [-0.4, -0.2) is 11.9 Å². The van der Waals surface area contributed by atoms with Crippen molar-refractivity contribution in [1.29, 1.82) is 0 Å². The van der Waals surface area contributed by atoms with Crippen molar-refractivity contribution in [2.45, 2.75) is 5.54 Å². The van der Waals surface area contributed by atoms with Gasteiger partial charge >= 0.3 is 6.03 Å². The number of nitrogens with one attached hydrogen (secondary N) is 2. The Morgan fingerprint density at radius 3 is 2.14 bits per heavy atom. The first-order valence-electron chi connectivity index (χ1n) is 6.18. The van der Waals surface area contributed by atoms with E-state index in [1.54, 1.807) is 48.5 Å². The number of amides is 3. The fourth-order valence-electron chi connectivity index (χ4n) is 2.45. The van der Waals surface area contributed by atoms with E-state index in [4.69, 9.17) is 23.2 Å². The van der Waals surface area contributed by atoms with E-state index in [0.717, 1.165) is 0 Å². The molecule has 2 aromatic rings. The Morgan fingerprint density at radius 2 is 1.57 bits per heavy atom. The van der Waals surface area contributed by atoms with Crippen LogP contribution >= 0.6 is 23.2 Å². The van der Waals surface area contributed by atoms with Crippen molar-refractivity contribution >= 4 is 35.1 Å². The molecule has 0 spiro atoms. The average Bonchev–Trinajstić information content (AvgIpc) is 2.75. The second-order valence-electron chi connectivity index (χ2n) is 4.68. The monoisotopic (exact) mass is 320 g/mol. The summed E-state index contributed by atoms with van der Waals surface area (Å²) in [6.07, 6.45) is 0. The number of hydrogen-bond acceptors (Lipinski definition) is 2. The summed E-state index contributed by atoms with van der Waals surface area (Å²) in [5.74, 6) is -0.447. The van der Waals surface area contributed by atoms with Gasteiger partial charge in [-0.25, -0.2) is 4.79 Å². The molecule has 3 rings (SSSR count). The SMILES string of the molecule is O=C1NC(=O)C(c2ccc(Cl)cc2)(c2cccc(Cl)c2)N1. The van der Waals surface area contributed by atoms with Crippen molar-refractivity contribution in [3.8, 4) is 0 Å². The lowest BCUT2D eigenvalue weighted by atomic mass is 9.83. The number of benzene rings is 2. The zero-order chi connectivity index (χ0) is 15.0. The minimum absolute atomic E-state index is 0.447. The molecule has 0 aromatic heterocycles. The molecule has 0 radical (unpaired) electrons. The molecule has 6 heteroatoms. The Kier molecular flexibility index (Phi) is 3.35. The Balaban J connectivity index is 2.23. The van der Waals surface area contributed by atoms with E-state index >= 15 is 0 Å². The van der Waals surface area contributed by atoms with Gasteiger partial charge in [-0.1, -0.05) is 47.5 Å². The molecule has 1 heterocycles. The van der Waals surface area contributed by atoms with Crippen LogP contribution in [0.2, 0.25) is 10.0 Å². The third-order valence-electron chi connectivity index (χ3n) is 3.40. The van der Waals surface area contributed by atoms with Crippen molar-refractivity contribution in [3.63, 3.8) is 0 Å². The van der Waals surface area contributed by atoms with Crippen molar-refractivity contribution in [2.24, 2.45) is 0 Å². The number of rotatable bonds is 2. The molecule has 0 aliphatic carbocycles. The van der Waals surface area contributed by atoms with Gasteiger partial charge in [-0.3, -0.25) is 10.1 Å². The van der Waals surface area contributed by atoms with E-state index in [9.17, 15) is 9.59 Å². The van der Waals surface area contributed by atoms with Crippen molar-refractivity contribution in [3.05, 3.63) is 69.7 Å². The highest BCUT2D eigenvalue weighted by molar-refractivity contribution is 6.31. The Hall–Kier alpha value is -2.04. The largest absolute Gasteiger partial charge is 0.322 e. The first-order valence-corrected chi connectivity index (χ1v) is 6.93. The summed E-state index contributed by atoms with van der Waals surface area (Å²) in [5.41, 5.74) is -0.106. The summed E-state index contributed by atoms with van der Waals surface area (Å²) in [4.78, 5) is 24.1. The molecule has 0 bridgehead atoms. The highest BCUT2D eigenvalue weighted by Crippen LogP contribution is 2.34. The van der Waals surface area contributed by atoms with Crippen LogP contribution < -0.4 is 10.6 Å². The van der Waals surface area contributed by atoms with Gasteiger partial charge in [-0.15, -0.1) is 0 Å². The summed E-state index contributed by atoms with van der Waals surface area (Å²) in [7, 11) is 0. The van der Waals surface area contributed by atoms with E-state index in [-0.39, 0.29) is 0 Å². The fourth-order valence-corrected chi connectivity index (χ4v) is 2.77. The molecule has 1 aliphatic rings. The summed E-state index contributed by atoms with van der Waals surface area (Å²) in [6, 6.07) is 13.0. The molecule has 4 nitrogen and oxygen atoms in total. The molecule has 1 unspecified atom stereocenters. The minimum Gasteiger partial charge on any atom is -0.316 e. The lowest BCUT2D eigenvalue weighted by Gasteiger charge is -2.27. The molecule has 0 saturated carbocycles. The van der Waals surface area contributed by atoms with E-state index in [1.807, 2.05) is 0 Å². The van der Waals surface area contributed by atoms with Crippen LogP contribution in [0.15, 0.2) is 48.5 Å². The van der Waals surface area contributed by atoms with Gasteiger partial charge in [0.05, 0.1) is 0 Å². The number of urea groups is 1. The van der Waals surface area contributed by atoms with Gasteiger partial charge in [-0.2, -0.15) is 0 Å². The third kappa shape index (κ3) is 2.26. The van der Waals surface area contributed by atoms with Gasteiger partial charge < -0.3 is 5.32 Å². The van der Waals surface area contributed by atoms with E-state index in [2.05, 4.69) is 10.6 Å². The van der Waals surface area contributed by atoms with E-state index < -0.39 is 17.5 Å². The normalized spacial score (nSPS) is 21.0. The van der Waals surface area contributed by atoms with E-state index in [1.165, 1.54) is 0 Å². The summed E-state index contributed by atoms with van der Waals surface area (Å²) in [6.45, 7) is 0. The lowest BCUT2D eigenvalue weighted by Crippen LogP contribution is -2.44. The summed E-state index contributed by atoms with van der Waals surface area (Å²) < 4.78 is 0. The quantitative estimate of drug-likeness (QED) is 0.835. The van der Waals surface area contributed by atoms with Crippen LogP contribution in [0.5, 0.6) is 0 Å². The molecule has 21 heavy (non-hydrogen) atoms. The minimum atomic E-state index is -1.30. The average molecular weight is 321 g/mol. The Morgan fingerprint density at radius 1 is 0.857 bits per heavy atom. The van der Waals surface area contributed by atoms with Crippen LogP contribution in [0.3, 0.4) is 0 Å². The zero-order valence-corrected chi connectivity index (χ0v) is 12.2. The topological polar surface area (TPSA) is 58.2 Å². The third-order valence-corrected chi connectivity index (χ3v) is 3.89. The Labute approximate surface area is 131 Å². The smallest absolute Gasteiger partial charge is 0.316 e. The van der Waals surface area contributed by atoms with Crippen LogP contribution in [0.25, 0.3) is 0 Å². The number of hydrogen-bond donors (Lipinski definition) is 2. The molecular formula is C15H10Cl2N2O2. The maximum absolute atomic E-state index is 12.4. The summed E-state index contributed by atoms with van der Waals surface area (Å²) in [5, 5.41) is 6.00. The maximum Gasteiger partial charge on any atom is 0.322 e. The molecule has 1 fully saturated rings. The molecule has 3 amide bonds. The molecular weight excluding hydrogens is 311 g/mol. The molecule has 1 aliphatic heterocycles. The van der Waals surface area contributed by atoms with Crippen molar-refractivity contribution < 1.29 is 9.59 Å². The highest BCUT2D eigenvalue weighted by Gasteiger charge is 2.49. The van der Waals surface area contributed by atoms with Gasteiger partial charge in [-0.05, 0) is 35.4 Å². The zero-order valence-electron chi connectivity index (χ0n) is 10.7. The second-order valence-corrected chi connectivity index (χ2v) is 5.55. The number of imide groups is 1. The van der Waals surface area contributed by atoms with Gasteiger partial charge in [0.15, 0.2) is 5.54 Å². The van der Waals surface area contributed by atoms with Crippen molar-refractivity contribution in [2.75, 3.05) is 0 Å². The standard InChI is InChI=1S/C15H10Cl2N2O2/c16-11-6-4-9(5-7-11)15(13(20)18-14(21)19-15)10-2-1-3-12(17)8-10/h1-8H,(H2,18,19,20,21). The molecule has 2 N–H and O–H groups in total. The first kappa shape index (κ1) is 13.9. The first-order chi connectivity index (χ1) is 10.0. The molecule has 2 aromatic carbocycles. The molecule has 106 valence electrons. The molecule has 1 saturated heterocycles. The number of halogens is 2. The predicted octanol–water partition coefficient (Wildman–Crippen LogP) is 3.08. The van der Waals surface area contributed by atoms with Gasteiger partial charge in [0.1, 0.15) is 0 Å². The lowest BCUT2D eigenvalue weighted by molar-refractivity contribution is -0.122. The van der Waals surface area contributed by atoms with Crippen LogP contribution in [0, 0.1) is 0 Å². The van der Waals surface area contributed by atoms with Crippen molar-refractivity contribution in [1.82, 2.24) is 10.6 Å². The van der Waals surface area contributed by atoms with Crippen LogP contribution in [0.1, 0.15) is 11.1 Å². The highest BCUT2D eigenvalue weighted by atomic mass is 35.5. The van der Waals surface area contributed by atoms with Gasteiger partial charge in [0, 0.05) is 10.0 Å². The second kappa shape index (κ2) is 5.06. The Bertz CT molecular complexity index is 731. The predicted molar refractivity (Wildman–Crippen MR) is 80.4 cm³/mol. The number of carbonyl (C=O) groups is 2. The molecule has 1 atom stereocenters. The maximum atomic E-state index is 12.4. The van der Waals surface area contributed by atoms with Crippen LogP contribution in [-0.2, 0) is 10.3 Å².